The molecule has 2 N–H and O–H groups in total. The zero-order chi connectivity index (χ0) is 22.2. The predicted octanol–water partition coefficient (Wildman–Crippen LogP) is 5.08. The molecule has 1 unspecified atom stereocenters. The van der Waals surface area contributed by atoms with Gasteiger partial charge in [-0.05, 0) is 61.5 Å². The Morgan fingerprint density at radius 2 is 1.61 bits per heavy atom. The van der Waals surface area contributed by atoms with E-state index in [1.165, 1.54) is 11.8 Å². The van der Waals surface area contributed by atoms with Crippen molar-refractivity contribution in [2.45, 2.75) is 17.1 Å². The molecule has 7 heteroatoms. The van der Waals surface area contributed by atoms with E-state index in [1.54, 1.807) is 50.6 Å². The predicted molar refractivity (Wildman–Crippen MR) is 124 cm³/mol. The van der Waals surface area contributed by atoms with E-state index in [2.05, 4.69) is 10.6 Å². The number of thioether (sulfide) groups is 1. The van der Waals surface area contributed by atoms with Crippen LogP contribution in [0, 0.1) is 0 Å². The molecule has 0 aliphatic carbocycles. The fourth-order valence-corrected chi connectivity index (χ4v) is 3.76. The first-order chi connectivity index (χ1) is 15.0. The number of ether oxygens (including phenoxy) is 2. The number of amides is 2. The molecular weight excluding hydrogens is 412 g/mol. The van der Waals surface area contributed by atoms with Crippen molar-refractivity contribution in [2.24, 2.45) is 0 Å². The fraction of sp³-hybridized carbons (Fsp3) is 0.167. The fourth-order valence-electron chi connectivity index (χ4n) is 2.83. The highest BCUT2D eigenvalue weighted by atomic mass is 32.2. The summed E-state index contributed by atoms with van der Waals surface area (Å²) in [5.74, 6) is 0.945. The van der Waals surface area contributed by atoms with Crippen LogP contribution in [0.1, 0.15) is 17.3 Å². The highest BCUT2D eigenvalue weighted by Gasteiger charge is 2.16. The number of hydrogen-bond donors (Lipinski definition) is 2. The van der Waals surface area contributed by atoms with Crippen LogP contribution < -0.4 is 20.1 Å². The highest BCUT2D eigenvalue weighted by molar-refractivity contribution is 8.00. The smallest absolute Gasteiger partial charge is 0.255 e. The number of rotatable bonds is 8. The van der Waals surface area contributed by atoms with Gasteiger partial charge < -0.3 is 20.1 Å². The molecule has 160 valence electrons. The summed E-state index contributed by atoms with van der Waals surface area (Å²) in [6.45, 7) is 1.83. The Balaban J connectivity index is 1.62. The Morgan fingerprint density at radius 3 is 2.32 bits per heavy atom. The van der Waals surface area contributed by atoms with Gasteiger partial charge in [-0.2, -0.15) is 0 Å². The highest BCUT2D eigenvalue weighted by Crippen LogP contribution is 2.29. The van der Waals surface area contributed by atoms with E-state index in [0.717, 1.165) is 4.90 Å². The van der Waals surface area contributed by atoms with Gasteiger partial charge in [0.1, 0.15) is 11.5 Å². The van der Waals surface area contributed by atoms with Crippen LogP contribution in [0.5, 0.6) is 11.5 Å². The minimum Gasteiger partial charge on any atom is -0.497 e. The lowest BCUT2D eigenvalue weighted by molar-refractivity contribution is -0.115. The van der Waals surface area contributed by atoms with Gasteiger partial charge in [0.25, 0.3) is 5.91 Å². The summed E-state index contributed by atoms with van der Waals surface area (Å²) in [5.41, 5.74) is 1.81. The van der Waals surface area contributed by atoms with Gasteiger partial charge in [-0.1, -0.05) is 18.2 Å². The second-order valence-corrected chi connectivity index (χ2v) is 8.07. The molecule has 0 fully saturated rings. The van der Waals surface area contributed by atoms with Crippen LogP contribution in [0.2, 0.25) is 0 Å². The monoisotopic (exact) mass is 436 g/mol. The normalized spacial score (nSPS) is 11.3. The number of para-hydroxylation sites is 2. The number of carbonyl (C=O) groups is 2. The van der Waals surface area contributed by atoms with Crippen molar-refractivity contribution < 1.29 is 19.1 Å². The van der Waals surface area contributed by atoms with Crippen molar-refractivity contribution in [3.8, 4) is 11.5 Å². The number of nitrogens with one attached hydrogen (secondary N) is 2. The van der Waals surface area contributed by atoms with Crippen LogP contribution in [0.4, 0.5) is 11.4 Å². The second kappa shape index (κ2) is 10.5. The topological polar surface area (TPSA) is 76.7 Å². The van der Waals surface area contributed by atoms with E-state index < -0.39 is 0 Å². The molecule has 0 saturated heterocycles. The number of hydrogen-bond acceptors (Lipinski definition) is 5. The summed E-state index contributed by atoms with van der Waals surface area (Å²) >= 11 is 1.41. The van der Waals surface area contributed by atoms with Crippen molar-refractivity contribution >= 4 is 35.0 Å². The maximum atomic E-state index is 12.6. The summed E-state index contributed by atoms with van der Waals surface area (Å²) in [5, 5.41) is 5.43. The molecule has 3 rings (SSSR count). The third-order valence-corrected chi connectivity index (χ3v) is 5.58. The molecule has 0 saturated carbocycles. The molecule has 0 aliphatic heterocycles. The zero-order valence-corrected chi connectivity index (χ0v) is 18.4. The van der Waals surface area contributed by atoms with Crippen LogP contribution in [-0.4, -0.2) is 31.3 Å². The molecule has 31 heavy (non-hydrogen) atoms. The van der Waals surface area contributed by atoms with E-state index in [0.29, 0.717) is 28.4 Å². The molecular formula is C24H24N2O4S. The van der Waals surface area contributed by atoms with Crippen molar-refractivity contribution in [3.63, 3.8) is 0 Å². The van der Waals surface area contributed by atoms with E-state index in [9.17, 15) is 9.59 Å². The maximum Gasteiger partial charge on any atom is 0.255 e. The number of methoxy groups -OCH3 is 2. The van der Waals surface area contributed by atoms with E-state index in [1.807, 2.05) is 43.3 Å². The van der Waals surface area contributed by atoms with Crippen LogP contribution in [-0.2, 0) is 4.79 Å². The minimum absolute atomic E-state index is 0.137. The molecule has 0 spiro atoms. The van der Waals surface area contributed by atoms with Crippen LogP contribution in [0.3, 0.4) is 0 Å². The Labute approximate surface area is 186 Å². The molecule has 0 aromatic heterocycles. The SMILES string of the molecule is COc1ccc(C(=O)Nc2cccc(SC(C)C(=O)Nc3ccccc3OC)c2)cc1. The quantitative estimate of drug-likeness (QED) is 0.482. The first-order valence-corrected chi connectivity index (χ1v) is 10.5. The molecule has 2 amide bonds. The lowest BCUT2D eigenvalue weighted by Gasteiger charge is -2.14. The number of carbonyl (C=O) groups excluding carboxylic acids is 2. The summed E-state index contributed by atoms with van der Waals surface area (Å²) in [6, 6.07) is 21.6. The third kappa shape index (κ3) is 6.02. The van der Waals surface area contributed by atoms with Gasteiger partial charge in [0.05, 0.1) is 25.2 Å². The molecule has 0 aliphatic rings. The molecule has 3 aromatic rings. The molecule has 3 aromatic carbocycles. The summed E-state index contributed by atoms with van der Waals surface area (Å²) in [7, 11) is 3.14. The maximum absolute atomic E-state index is 12.6. The van der Waals surface area contributed by atoms with Gasteiger partial charge in [0.2, 0.25) is 5.91 Å². The Bertz CT molecular complexity index is 1050. The summed E-state index contributed by atoms with van der Waals surface area (Å²) in [6.07, 6.45) is 0. The lowest BCUT2D eigenvalue weighted by Crippen LogP contribution is -2.22. The molecule has 0 bridgehead atoms. The van der Waals surface area contributed by atoms with Gasteiger partial charge in [-0.3, -0.25) is 9.59 Å². The Kier molecular flexibility index (Phi) is 7.56. The minimum atomic E-state index is -0.350. The summed E-state index contributed by atoms with van der Waals surface area (Å²) in [4.78, 5) is 26.0. The standard InChI is InChI=1S/C24H24N2O4S/c1-16(23(27)26-21-9-4-5-10-22(21)30-3)31-20-8-6-7-18(15-20)25-24(28)17-11-13-19(29-2)14-12-17/h4-16H,1-3H3,(H,25,28)(H,26,27). The Hall–Kier alpha value is -3.45. The average molecular weight is 437 g/mol. The van der Waals surface area contributed by atoms with Crippen molar-refractivity contribution in [3.05, 3.63) is 78.4 Å². The molecule has 0 radical (unpaired) electrons. The van der Waals surface area contributed by atoms with E-state index in [4.69, 9.17) is 9.47 Å². The lowest BCUT2D eigenvalue weighted by atomic mass is 10.2. The molecule has 6 nitrogen and oxygen atoms in total. The largest absolute Gasteiger partial charge is 0.497 e. The zero-order valence-electron chi connectivity index (χ0n) is 17.5. The van der Waals surface area contributed by atoms with Crippen molar-refractivity contribution in [2.75, 3.05) is 24.9 Å². The van der Waals surface area contributed by atoms with Gasteiger partial charge in [-0.25, -0.2) is 0 Å². The van der Waals surface area contributed by atoms with Crippen molar-refractivity contribution in [1.82, 2.24) is 0 Å². The van der Waals surface area contributed by atoms with Gasteiger partial charge >= 0.3 is 0 Å². The first kappa shape index (κ1) is 22.2. The molecule has 0 heterocycles. The number of benzene rings is 3. The van der Waals surface area contributed by atoms with Crippen LogP contribution >= 0.6 is 11.8 Å². The average Bonchev–Trinajstić information content (AvgIpc) is 2.79. The van der Waals surface area contributed by atoms with Gasteiger partial charge in [0, 0.05) is 16.1 Å². The third-order valence-electron chi connectivity index (χ3n) is 4.49. The second-order valence-electron chi connectivity index (χ2n) is 6.66. The number of anilines is 2. The molecule has 1 atom stereocenters. The van der Waals surface area contributed by atoms with E-state index >= 15 is 0 Å². The van der Waals surface area contributed by atoms with Crippen LogP contribution in [0.15, 0.2) is 77.7 Å². The summed E-state index contributed by atoms with van der Waals surface area (Å²) < 4.78 is 10.4. The van der Waals surface area contributed by atoms with E-state index in [-0.39, 0.29) is 17.1 Å². The van der Waals surface area contributed by atoms with Crippen LogP contribution in [0.25, 0.3) is 0 Å². The van der Waals surface area contributed by atoms with Crippen molar-refractivity contribution in [1.29, 1.82) is 0 Å². The van der Waals surface area contributed by atoms with Gasteiger partial charge in [0.15, 0.2) is 0 Å². The first-order valence-electron chi connectivity index (χ1n) is 9.66. The Morgan fingerprint density at radius 1 is 0.871 bits per heavy atom. The van der Waals surface area contributed by atoms with Gasteiger partial charge in [-0.15, -0.1) is 11.8 Å².